The number of carboxylic acids is 1. The van der Waals surface area contributed by atoms with Crippen molar-refractivity contribution in [3.8, 4) is 0 Å². The average Bonchev–Trinajstić information content (AvgIpc) is 3.04. The lowest BCUT2D eigenvalue weighted by Crippen LogP contribution is -2.24. The fraction of sp³-hybridized carbons (Fsp3) is 0.214. The van der Waals surface area contributed by atoms with Crippen LogP contribution in [0.3, 0.4) is 0 Å². The quantitative estimate of drug-likeness (QED) is 0.888. The Morgan fingerprint density at radius 2 is 2.19 bits per heavy atom. The van der Waals surface area contributed by atoms with Gasteiger partial charge in [0.1, 0.15) is 0 Å². The zero-order valence-corrected chi connectivity index (χ0v) is 11.9. The summed E-state index contributed by atoms with van der Waals surface area (Å²) in [6.45, 7) is 1.55. The molecule has 2 heterocycles. The highest BCUT2D eigenvalue weighted by molar-refractivity contribution is 8.16. The number of hydrogen-bond acceptors (Lipinski definition) is 5. The molecule has 0 bridgehead atoms. The highest BCUT2D eigenvalue weighted by Gasteiger charge is 2.27. The smallest absolute Gasteiger partial charge is 0.337 e. The number of carboxylic acid groups (broad SMARTS) is 1. The molecule has 0 radical (unpaired) electrons. The van der Waals surface area contributed by atoms with Crippen LogP contribution < -0.4 is 5.32 Å². The topological polar surface area (TPSA) is 82.0 Å². The number of aliphatic imine (C=N–C) groups is 1. The molecule has 0 saturated carbocycles. The summed E-state index contributed by atoms with van der Waals surface area (Å²) in [4.78, 5) is 29.6. The highest BCUT2D eigenvalue weighted by atomic mass is 32.2. The molecule has 1 amide bonds. The number of hydrogen-bond donors (Lipinski definition) is 2. The number of rotatable bonds is 4. The first-order valence-corrected chi connectivity index (χ1v) is 7.33. The fourth-order valence-corrected chi connectivity index (χ4v) is 3.21. The molecule has 108 valence electrons. The van der Waals surface area contributed by atoms with Crippen LogP contribution >= 0.6 is 11.8 Å². The number of carbonyl (C=O) groups excluding carboxylic acids is 1. The van der Waals surface area contributed by atoms with Gasteiger partial charge >= 0.3 is 5.97 Å². The molecule has 6 nitrogen and oxygen atoms in total. The van der Waals surface area contributed by atoms with E-state index < -0.39 is 5.97 Å². The van der Waals surface area contributed by atoms with Gasteiger partial charge in [-0.15, -0.1) is 0 Å². The van der Waals surface area contributed by atoms with E-state index in [1.165, 1.54) is 17.8 Å². The molecule has 0 spiro atoms. The van der Waals surface area contributed by atoms with Gasteiger partial charge in [-0.2, -0.15) is 0 Å². The number of benzene rings is 1. The lowest BCUT2D eigenvalue weighted by atomic mass is 10.1. The summed E-state index contributed by atoms with van der Waals surface area (Å²) in [5.74, 6) is -1.29. The number of thioether (sulfide) groups is 1. The molecular weight excluding hydrogens is 290 g/mol. The zero-order valence-electron chi connectivity index (χ0n) is 11.1. The summed E-state index contributed by atoms with van der Waals surface area (Å²) in [5, 5.41) is 14.6. The fourth-order valence-electron chi connectivity index (χ4n) is 2.25. The van der Waals surface area contributed by atoms with Gasteiger partial charge in [-0.1, -0.05) is 23.9 Å². The highest BCUT2D eigenvalue weighted by Crippen LogP contribution is 2.31. The first kappa shape index (κ1) is 13.7. The van der Waals surface area contributed by atoms with E-state index in [0.29, 0.717) is 5.69 Å². The Morgan fingerprint density at radius 1 is 1.38 bits per heavy atom. The van der Waals surface area contributed by atoms with Gasteiger partial charge in [-0.05, 0) is 17.5 Å². The van der Waals surface area contributed by atoms with Gasteiger partial charge < -0.3 is 15.3 Å². The van der Waals surface area contributed by atoms with Crippen LogP contribution in [0, 0.1) is 0 Å². The van der Waals surface area contributed by atoms with Crippen LogP contribution in [0.15, 0.2) is 40.4 Å². The van der Waals surface area contributed by atoms with Crippen LogP contribution in [-0.4, -0.2) is 40.1 Å². The van der Waals surface area contributed by atoms with Crippen LogP contribution in [-0.2, 0) is 4.79 Å². The molecule has 2 N–H and O–H groups in total. The molecule has 2 aliphatic heterocycles. The number of fused-ring (bicyclic) bond motifs is 1. The van der Waals surface area contributed by atoms with Gasteiger partial charge in [0.25, 0.3) is 0 Å². The van der Waals surface area contributed by atoms with Crippen LogP contribution in [0.25, 0.3) is 0 Å². The Bertz CT molecular complexity index is 669. The predicted molar refractivity (Wildman–Crippen MR) is 81.3 cm³/mol. The molecule has 1 aromatic rings. The molecule has 2 aliphatic rings. The van der Waals surface area contributed by atoms with E-state index in [1.54, 1.807) is 18.2 Å². The molecule has 0 atom stereocenters. The Balaban J connectivity index is 1.68. The first-order chi connectivity index (χ1) is 10.1. The summed E-state index contributed by atoms with van der Waals surface area (Å²) in [6.07, 6.45) is 0.208. The van der Waals surface area contributed by atoms with Crippen LogP contribution in [0.4, 0.5) is 5.69 Å². The minimum atomic E-state index is -1.06. The normalized spacial score (nSPS) is 16.3. The van der Waals surface area contributed by atoms with Crippen molar-refractivity contribution < 1.29 is 14.7 Å². The molecule has 0 unspecified atom stereocenters. The maximum Gasteiger partial charge on any atom is 0.337 e. The molecule has 0 fully saturated rings. The Hall–Kier alpha value is -2.28. The van der Waals surface area contributed by atoms with Crippen LogP contribution in [0.2, 0.25) is 0 Å². The van der Waals surface area contributed by atoms with Crippen LogP contribution in [0.1, 0.15) is 16.8 Å². The number of nitrogens with zero attached hydrogens (tertiary/aromatic N) is 2. The van der Waals surface area contributed by atoms with E-state index in [2.05, 4.69) is 10.3 Å². The second-order valence-electron chi connectivity index (χ2n) is 4.62. The minimum Gasteiger partial charge on any atom is -0.478 e. The SMILES string of the molecule is O=C(CC1=CSC2=NCCN12)Nc1ccccc1C(=O)O. The number of amidine groups is 1. The van der Waals surface area contributed by atoms with Crippen molar-refractivity contribution in [3.63, 3.8) is 0 Å². The van der Waals surface area contributed by atoms with Crippen molar-refractivity contribution in [2.75, 3.05) is 18.4 Å². The Labute approximate surface area is 125 Å². The molecule has 3 rings (SSSR count). The van der Waals surface area contributed by atoms with Crippen molar-refractivity contribution in [3.05, 3.63) is 40.9 Å². The first-order valence-electron chi connectivity index (χ1n) is 6.45. The Kier molecular flexibility index (Phi) is 3.66. The van der Waals surface area contributed by atoms with E-state index in [0.717, 1.165) is 24.0 Å². The second-order valence-corrected chi connectivity index (χ2v) is 5.46. The summed E-state index contributed by atoms with van der Waals surface area (Å²) < 4.78 is 0. The Morgan fingerprint density at radius 3 is 3.00 bits per heavy atom. The third-order valence-electron chi connectivity index (χ3n) is 3.22. The van der Waals surface area contributed by atoms with E-state index in [4.69, 9.17) is 5.11 Å². The standard InChI is InChI=1S/C14H13N3O3S/c18-12(7-9-8-21-14-15-5-6-17(9)14)16-11-4-2-1-3-10(11)13(19)20/h1-4,8H,5-7H2,(H,16,18)(H,19,20). The van der Waals surface area contributed by atoms with E-state index in [1.807, 2.05) is 10.3 Å². The number of amides is 1. The minimum absolute atomic E-state index is 0.0871. The lowest BCUT2D eigenvalue weighted by Gasteiger charge is -2.16. The molecule has 0 aliphatic carbocycles. The zero-order chi connectivity index (χ0) is 14.8. The van der Waals surface area contributed by atoms with Crippen LogP contribution in [0.5, 0.6) is 0 Å². The molecule has 1 aromatic carbocycles. The average molecular weight is 303 g/mol. The molecule has 21 heavy (non-hydrogen) atoms. The summed E-state index contributed by atoms with van der Waals surface area (Å²) in [7, 11) is 0. The maximum atomic E-state index is 12.1. The summed E-state index contributed by atoms with van der Waals surface area (Å²) >= 11 is 1.52. The molecular formula is C14H13N3O3S. The van der Waals surface area contributed by atoms with Crippen molar-refractivity contribution >= 4 is 34.5 Å². The van der Waals surface area contributed by atoms with E-state index in [-0.39, 0.29) is 17.9 Å². The van der Waals surface area contributed by atoms with E-state index >= 15 is 0 Å². The third-order valence-corrected chi connectivity index (χ3v) is 4.17. The van der Waals surface area contributed by atoms with Gasteiger partial charge in [0.15, 0.2) is 5.17 Å². The van der Waals surface area contributed by atoms with Gasteiger partial charge in [0.2, 0.25) is 5.91 Å². The van der Waals surface area contributed by atoms with Gasteiger partial charge in [-0.25, -0.2) is 4.79 Å². The van der Waals surface area contributed by atoms with Crippen molar-refractivity contribution in [1.82, 2.24) is 4.90 Å². The van der Waals surface area contributed by atoms with E-state index in [9.17, 15) is 9.59 Å². The third kappa shape index (κ3) is 2.78. The van der Waals surface area contributed by atoms with Crippen molar-refractivity contribution in [2.45, 2.75) is 6.42 Å². The van der Waals surface area contributed by atoms with Crippen molar-refractivity contribution in [2.24, 2.45) is 4.99 Å². The number of aromatic carboxylic acids is 1. The largest absolute Gasteiger partial charge is 0.478 e. The second kappa shape index (κ2) is 5.61. The molecule has 0 aromatic heterocycles. The van der Waals surface area contributed by atoms with Gasteiger partial charge in [0.05, 0.1) is 24.2 Å². The van der Waals surface area contributed by atoms with Gasteiger partial charge in [-0.3, -0.25) is 9.79 Å². The number of carbonyl (C=O) groups is 2. The monoisotopic (exact) mass is 303 g/mol. The molecule has 0 saturated heterocycles. The lowest BCUT2D eigenvalue weighted by molar-refractivity contribution is -0.115. The number of anilines is 1. The predicted octanol–water partition coefficient (Wildman–Crippen LogP) is 1.97. The molecule has 7 heteroatoms. The van der Waals surface area contributed by atoms with Crippen molar-refractivity contribution in [1.29, 1.82) is 0 Å². The summed E-state index contributed by atoms with van der Waals surface area (Å²) in [6, 6.07) is 6.37. The number of para-hydroxylation sites is 1. The maximum absolute atomic E-state index is 12.1. The summed E-state index contributed by atoms with van der Waals surface area (Å²) in [5.41, 5.74) is 1.31. The van der Waals surface area contributed by atoms with Gasteiger partial charge in [0, 0.05) is 12.2 Å². The number of nitrogens with one attached hydrogen (secondary N) is 1.